The number of carbonyl (C=O) groups is 1. The third kappa shape index (κ3) is 11.6. The molecule has 0 bridgehead atoms. The molecule has 0 fully saturated rings. The van der Waals surface area contributed by atoms with Crippen LogP contribution in [-0.4, -0.2) is 31.6 Å². The maximum Gasteiger partial charge on any atom is 0.129 e. The van der Waals surface area contributed by atoms with Crippen LogP contribution in [0, 0.1) is 5.41 Å². The van der Waals surface area contributed by atoms with E-state index in [1.54, 1.807) is 14.0 Å². The Labute approximate surface area is 137 Å². The maximum absolute atomic E-state index is 10.2. The molecule has 0 spiro atoms. The summed E-state index contributed by atoms with van der Waals surface area (Å²) in [6.07, 6.45) is 6.01. The fourth-order valence-corrected chi connectivity index (χ4v) is 1.67. The number of ketones is 1. The Morgan fingerprint density at radius 3 is 2.27 bits per heavy atom. The lowest BCUT2D eigenvalue weighted by molar-refractivity contribution is -0.117. The van der Waals surface area contributed by atoms with Crippen molar-refractivity contribution in [3.63, 3.8) is 0 Å². The molecule has 0 unspecified atom stereocenters. The van der Waals surface area contributed by atoms with Crippen molar-refractivity contribution in [2.24, 2.45) is 5.41 Å². The first-order valence-corrected chi connectivity index (χ1v) is 8.28. The Bertz CT molecular complexity index is 315. The summed E-state index contributed by atoms with van der Waals surface area (Å²) in [6, 6.07) is 0. The molecule has 0 aromatic carbocycles. The topological polar surface area (TPSA) is 53.6 Å². The monoisotopic (exact) mass is 315 g/mol. The Balaban J connectivity index is 0. The predicted octanol–water partition coefficient (Wildman–Crippen LogP) is 3.64. The highest BCUT2D eigenvalue weighted by Gasteiger charge is 2.26. The zero-order valence-electron chi connectivity index (χ0n) is 15.9. The minimum absolute atomic E-state index is 0.133. The van der Waals surface area contributed by atoms with Gasteiger partial charge in [-0.1, -0.05) is 41.0 Å². The molecule has 1 heterocycles. The molecular weight excluding hydrogens is 278 g/mol. The second-order valence-electron chi connectivity index (χ2n) is 5.82. The van der Waals surface area contributed by atoms with Crippen molar-refractivity contribution in [2.45, 2.75) is 67.2 Å². The van der Waals surface area contributed by atoms with Gasteiger partial charge in [0, 0.05) is 38.8 Å². The average molecular weight is 316 g/mol. The Morgan fingerprint density at radius 2 is 1.95 bits per heavy atom. The fraction of sp³-hybridized carbons (Fsp3) is 0.824. The van der Waals surface area contributed by atoms with Gasteiger partial charge in [0.25, 0.3) is 0 Å². The third-order valence-corrected chi connectivity index (χ3v) is 3.23. The molecule has 0 aromatic heterocycles. The lowest BCUT2D eigenvalue weighted by Gasteiger charge is -2.24. The van der Waals surface area contributed by atoms with Crippen molar-refractivity contribution in [3.05, 3.63) is 11.9 Å². The fourth-order valence-electron chi connectivity index (χ4n) is 1.67. The van der Waals surface area contributed by atoms with E-state index in [2.05, 4.69) is 37.9 Å². The molecule has 0 aromatic rings. The number of unbranched alkanes of at least 4 members (excludes halogenated alkanes) is 1. The number of nitrogens with one attached hydrogen (secondary N) is 2. The van der Waals surface area contributed by atoms with Crippen molar-refractivity contribution >= 4 is 5.78 Å². The van der Waals surface area contributed by atoms with E-state index in [-0.39, 0.29) is 5.41 Å². The number of hydrazine groups is 2. The van der Waals surface area contributed by atoms with Gasteiger partial charge in [0.2, 0.25) is 0 Å². The summed E-state index contributed by atoms with van der Waals surface area (Å²) in [5.41, 5.74) is 7.47. The van der Waals surface area contributed by atoms with Gasteiger partial charge >= 0.3 is 0 Å². The molecule has 0 saturated heterocycles. The van der Waals surface area contributed by atoms with E-state index in [0.29, 0.717) is 5.78 Å². The van der Waals surface area contributed by atoms with Crippen molar-refractivity contribution in [1.82, 2.24) is 16.0 Å². The second kappa shape index (κ2) is 13.6. The molecule has 1 aliphatic heterocycles. The quantitative estimate of drug-likeness (QED) is 0.751. The standard InChI is InChI=1S/C9H19N3O.C6H12O.C2H6/c1-9(2,5-6-13-4)8-7-12(3)11-10-8;1-3-4-5-6(2)7;1-2/h7,10-11H,5-6H2,1-4H3;3-5H2,1-2H3;1-2H3. The molecule has 0 amide bonds. The van der Waals surface area contributed by atoms with Crippen LogP contribution in [0.5, 0.6) is 0 Å². The first kappa shape index (κ1) is 23.2. The van der Waals surface area contributed by atoms with E-state index >= 15 is 0 Å². The first-order chi connectivity index (χ1) is 10.3. The summed E-state index contributed by atoms with van der Waals surface area (Å²) >= 11 is 0. The molecule has 0 atom stereocenters. The number of Topliss-reactive ketones (excluding diaryl/α,β-unsaturated/α-hetero) is 1. The third-order valence-electron chi connectivity index (χ3n) is 3.23. The van der Waals surface area contributed by atoms with Crippen LogP contribution in [0.3, 0.4) is 0 Å². The van der Waals surface area contributed by atoms with E-state index < -0.39 is 0 Å². The minimum Gasteiger partial charge on any atom is -0.385 e. The summed E-state index contributed by atoms with van der Waals surface area (Å²) in [5.74, 6) is 0.307. The number of nitrogens with zero attached hydrogens (tertiary/aromatic N) is 1. The maximum atomic E-state index is 10.2. The molecule has 22 heavy (non-hydrogen) atoms. The number of hydrogen-bond donors (Lipinski definition) is 2. The second-order valence-corrected chi connectivity index (χ2v) is 5.82. The first-order valence-electron chi connectivity index (χ1n) is 8.28. The van der Waals surface area contributed by atoms with Crippen LogP contribution in [0.2, 0.25) is 0 Å². The molecule has 5 heteroatoms. The summed E-state index contributed by atoms with van der Waals surface area (Å²) in [7, 11) is 3.70. The number of allylic oxidation sites excluding steroid dienone is 1. The van der Waals surface area contributed by atoms with Gasteiger partial charge in [-0.05, 0) is 19.8 Å². The number of ether oxygens (including phenoxy) is 1. The zero-order chi connectivity index (χ0) is 17.6. The Kier molecular flexibility index (Phi) is 14.3. The van der Waals surface area contributed by atoms with Crippen LogP contribution in [0.25, 0.3) is 0 Å². The number of rotatable bonds is 7. The van der Waals surface area contributed by atoms with E-state index in [0.717, 1.165) is 32.3 Å². The lowest BCUT2D eigenvalue weighted by Crippen LogP contribution is -2.36. The van der Waals surface area contributed by atoms with Gasteiger partial charge in [-0.25, -0.2) is 0 Å². The zero-order valence-corrected chi connectivity index (χ0v) is 15.9. The molecule has 0 saturated carbocycles. The van der Waals surface area contributed by atoms with Gasteiger partial charge in [0.1, 0.15) is 5.78 Å². The van der Waals surface area contributed by atoms with Crippen LogP contribution in [0.1, 0.15) is 67.2 Å². The minimum atomic E-state index is 0.133. The van der Waals surface area contributed by atoms with Crippen LogP contribution in [-0.2, 0) is 9.53 Å². The molecule has 1 aliphatic rings. The summed E-state index contributed by atoms with van der Waals surface area (Å²) in [5, 5.41) is 1.91. The van der Waals surface area contributed by atoms with E-state index in [1.165, 1.54) is 5.70 Å². The van der Waals surface area contributed by atoms with Gasteiger partial charge in [0.05, 0.1) is 5.70 Å². The van der Waals surface area contributed by atoms with Gasteiger partial charge in [-0.3, -0.25) is 5.01 Å². The molecule has 0 radical (unpaired) electrons. The summed E-state index contributed by atoms with van der Waals surface area (Å²) < 4.78 is 5.08. The number of carbonyl (C=O) groups excluding carboxylic acids is 1. The highest BCUT2D eigenvalue weighted by molar-refractivity contribution is 5.75. The van der Waals surface area contributed by atoms with Gasteiger partial charge in [0.15, 0.2) is 0 Å². The van der Waals surface area contributed by atoms with Crippen LogP contribution in [0.15, 0.2) is 11.9 Å². The van der Waals surface area contributed by atoms with E-state index in [9.17, 15) is 4.79 Å². The van der Waals surface area contributed by atoms with E-state index in [4.69, 9.17) is 4.74 Å². The summed E-state index contributed by atoms with van der Waals surface area (Å²) in [6.45, 7) is 12.9. The smallest absolute Gasteiger partial charge is 0.129 e. The largest absolute Gasteiger partial charge is 0.385 e. The van der Waals surface area contributed by atoms with Crippen molar-refractivity contribution < 1.29 is 9.53 Å². The van der Waals surface area contributed by atoms with E-state index in [1.807, 2.05) is 25.9 Å². The average Bonchev–Trinajstić information content (AvgIpc) is 2.93. The highest BCUT2D eigenvalue weighted by Crippen LogP contribution is 2.29. The van der Waals surface area contributed by atoms with Gasteiger partial charge in [-0.15, -0.1) is 5.53 Å². The van der Waals surface area contributed by atoms with Gasteiger partial charge in [-0.2, -0.15) is 0 Å². The van der Waals surface area contributed by atoms with Crippen LogP contribution < -0.4 is 11.0 Å². The molecule has 0 aliphatic carbocycles. The van der Waals surface area contributed by atoms with Crippen molar-refractivity contribution in [1.29, 1.82) is 0 Å². The normalized spacial score (nSPS) is 13.3. The lowest BCUT2D eigenvalue weighted by atomic mass is 9.86. The molecule has 1 rings (SSSR count). The molecular formula is C17H37N3O2. The molecule has 5 nitrogen and oxygen atoms in total. The highest BCUT2D eigenvalue weighted by atomic mass is 16.5. The van der Waals surface area contributed by atoms with Crippen molar-refractivity contribution in [2.75, 3.05) is 20.8 Å². The Morgan fingerprint density at radius 1 is 1.36 bits per heavy atom. The summed E-state index contributed by atoms with van der Waals surface area (Å²) in [4.78, 5) is 10.2. The van der Waals surface area contributed by atoms with Crippen molar-refractivity contribution in [3.8, 4) is 0 Å². The van der Waals surface area contributed by atoms with Crippen LogP contribution >= 0.6 is 0 Å². The predicted molar refractivity (Wildman–Crippen MR) is 93.9 cm³/mol. The Hall–Kier alpha value is -1.07. The number of hydrogen-bond acceptors (Lipinski definition) is 5. The SMILES string of the molecule is CC.CCCCC(C)=O.COCCC(C)(C)C1=CN(C)NN1. The molecule has 132 valence electrons. The van der Waals surface area contributed by atoms with Crippen LogP contribution in [0.4, 0.5) is 0 Å². The molecule has 2 N–H and O–H groups in total. The van der Waals surface area contributed by atoms with Gasteiger partial charge < -0.3 is 15.0 Å². The number of methoxy groups -OCH3 is 1.